The van der Waals surface area contributed by atoms with Crippen molar-refractivity contribution in [2.75, 3.05) is 18.0 Å². The van der Waals surface area contributed by atoms with Gasteiger partial charge >= 0.3 is 0 Å². The Bertz CT molecular complexity index is 486. The standard InChI is InChI=1S/C17H23ClN2/c18-16-8-12(9-19-15-5-6-15)4-7-17(16)20-10-13-2-1-3-14(13)11-20/h4,7-8,13-15,19H,1-3,5-6,9-11H2. The molecular formula is C17H23ClN2. The van der Waals surface area contributed by atoms with Crippen LogP contribution in [0.5, 0.6) is 0 Å². The molecule has 0 bridgehead atoms. The third-order valence-electron chi connectivity index (χ3n) is 5.25. The fourth-order valence-corrected chi connectivity index (χ4v) is 4.22. The summed E-state index contributed by atoms with van der Waals surface area (Å²) < 4.78 is 0. The molecule has 1 aliphatic heterocycles. The summed E-state index contributed by atoms with van der Waals surface area (Å²) in [5.41, 5.74) is 2.56. The monoisotopic (exact) mass is 290 g/mol. The van der Waals surface area contributed by atoms with Crippen molar-refractivity contribution in [3.8, 4) is 0 Å². The molecule has 1 N–H and O–H groups in total. The Kier molecular flexibility index (Phi) is 3.39. The number of hydrogen-bond donors (Lipinski definition) is 1. The molecule has 2 nitrogen and oxygen atoms in total. The van der Waals surface area contributed by atoms with Gasteiger partial charge in [0.15, 0.2) is 0 Å². The minimum absolute atomic E-state index is 0.756. The van der Waals surface area contributed by atoms with E-state index < -0.39 is 0 Å². The summed E-state index contributed by atoms with van der Waals surface area (Å²) in [6, 6.07) is 7.38. The zero-order valence-corrected chi connectivity index (χ0v) is 12.7. The Labute approximate surface area is 126 Å². The molecule has 4 rings (SSSR count). The van der Waals surface area contributed by atoms with Crippen molar-refractivity contribution < 1.29 is 0 Å². The molecule has 2 saturated carbocycles. The van der Waals surface area contributed by atoms with E-state index in [0.29, 0.717) is 0 Å². The van der Waals surface area contributed by atoms with Crippen LogP contribution in [-0.4, -0.2) is 19.1 Å². The van der Waals surface area contributed by atoms with E-state index in [0.717, 1.165) is 29.4 Å². The second-order valence-corrected chi connectivity index (χ2v) is 7.20. The van der Waals surface area contributed by atoms with E-state index in [1.165, 1.54) is 56.4 Å². The highest BCUT2D eigenvalue weighted by Gasteiger charge is 2.36. The zero-order chi connectivity index (χ0) is 13.5. The van der Waals surface area contributed by atoms with E-state index in [-0.39, 0.29) is 0 Å². The van der Waals surface area contributed by atoms with Crippen molar-refractivity contribution in [2.24, 2.45) is 11.8 Å². The second-order valence-electron chi connectivity index (χ2n) is 6.80. The largest absolute Gasteiger partial charge is 0.370 e. The van der Waals surface area contributed by atoms with Crippen LogP contribution in [0, 0.1) is 11.8 Å². The molecule has 3 heteroatoms. The van der Waals surface area contributed by atoms with Crippen LogP contribution in [0.1, 0.15) is 37.7 Å². The average Bonchev–Trinajstić information content (AvgIpc) is 3.02. The Morgan fingerprint density at radius 2 is 1.85 bits per heavy atom. The summed E-state index contributed by atoms with van der Waals surface area (Å²) in [6.07, 6.45) is 6.94. The van der Waals surface area contributed by atoms with Gasteiger partial charge in [-0.1, -0.05) is 24.1 Å². The summed E-state index contributed by atoms with van der Waals surface area (Å²) >= 11 is 6.53. The average molecular weight is 291 g/mol. The molecule has 1 aromatic carbocycles. The normalized spacial score (nSPS) is 28.9. The van der Waals surface area contributed by atoms with Gasteiger partial charge in [-0.2, -0.15) is 0 Å². The number of nitrogens with one attached hydrogen (secondary N) is 1. The number of fused-ring (bicyclic) bond motifs is 1. The Balaban J connectivity index is 1.45. The van der Waals surface area contributed by atoms with Crippen LogP contribution in [0.25, 0.3) is 0 Å². The molecule has 3 aliphatic rings. The van der Waals surface area contributed by atoms with Gasteiger partial charge in [0, 0.05) is 25.7 Å². The van der Waals surface area contributed by atoms with Crippen molar-refractivity contribution in [3.63, 3.8) is 0 Å². The predicted molar refractivity (Wildman–Crippen MR) is 84.4 cm³/mol. The van der Waals surface area contributed by atoms with Crippen LogP contribution in [0.2, 0.25) is 5.02 Å². The number of halogens is 1. The van der Waals surface area contributed by atoms with Gasteiger partial charge < -0.3 is 10.2 Å². The number of anilines is 1. The quantitative estimate of drug-likeness (QED) is 0.907. The van der Waals surface area contributed by atoms with Gasteiger partial charge in [0.05, 0.1) is 10.7 Å². The first kappa shape index (κ1) is 13.0. The molecule has 1 heterocycles. The minimum Gasteiger partial charge on any atom is -0.370 e. The third-order valence-corrected chi connectivity index (χ3v) is 5.55. The van der Waals surface area contributed by atoms with Gasteiger partial charge in [0.25, 0.3) is 0 Å². The van der Waals surface area contributed by atoms with Crippen molar-refractivity contribution >= 4 is 17.3 Å². The van der Waals surface area contributed by atoms with E-state index in [1.54, 1.807) is 0 Å². The number of benzene rings is 1. The maximum Gasteiger partial charge on any atom is 0.0642 e. The van der Waals surface area contributed by atoms with Crippen LogP contribution in [0.4, 0.5) is 5.69 Å². The summed E-state index contributed by atoms with van der Waals surface area (Å²) in [7, 11) is 0. The fraction of sp³-hybridized carbons (Fsp3) is 0.647. The van der Waals surface area contributed by atoms with E-state index >= 15 is 0 Å². The lowest BCUT2D eigenvalue weighted by Crippen LogP contribution is -2.21. The first-order valence-corrected chi connectivity index (χ1v) is 8.44. The molecule has 20 heavy (non-hydrogen) atoms. The van der Waals surface area contributed by atoms with Crippen LogP contribution in [0.3, 0.4) is 0 Å². The number of hydrogen-bond acceptors (Lipinski definition) is 2. The SMILES string of the molecule is Clc1cc(CNC2CC2)ccc1N1CC2CCCC2C1. The third kappa shape index (κ3) is 2.56. The molecule has 2 aliphatic carbocycles. The second kappa shape index (κ2) is 5.23. The first-order valence-electron chi connectivity index (χ1n) is 8.06. The molecule has 2 atom stereocenters. The topological polar surface area (TPSA) is 15.3 Å². The summed E-state index contributed by atoms with van der Waals surface area (Å²) in [5, 5.41) is 4.48. The van der Waals surface area contributed by atoms with Crippen molar-refractivity contribution in [1.29, 1.82) is 0 Å². The maximum atomic E-state index is 6.53. The van der Waals surface area contributed by atoms with Crippen molar-refractivity contribution in [1.82, 2.24) is 5.32 Å². The van der Waals surface area contributed by atoms with Crippen LogP contribution >= 0.6 is 11.6 Å². The van der Waals surface area contributed by atoms with E-state index in [2.05, 4.69) is 28.4 Å². The van der Waals surface area contributed by atoms with Gasteiger partial charge in [-0.3, -0.25) is 0 Å². The van der Waals surface area contributed by atoms with Crippen LogP contribution in [0.15, 0.2) is 18.2 Å². The Morgan fingerprint density at radius 1 is 1.10 bits per heavy atom. The lowest BCUT2D eigenvalue weighted by Gasteiger charge is -2.21. The van der Waals surface area contributed by atoms with E-state index in [4.69, 9.17) is 11.6 Å². The summed E-state index contributed by atoms with van der Waals surface area (Å²) in [6.45, 7) is 3.38. The van der Waals surface area contributed by atoms with Gasteiger partial charge in [0.2, 0.25) is 0 Å². The molecule has 0 radical (unpaired) electrons. The molecular weight excluding hydrogens is 268 g/mol. The predicted octanol–water partition coefficient (Wildman–Crippen LogP) is 3.83. The highest BCUT2D eigenvalue weighted by Crippen LogP contribution is 2.41. The van der Waals surface area contributed by atoms with Crippen LogP contribution < -0.4 is 10.2 Å². The molecule has 2 unspecified atom stereocenters. The minimum atomic E-state index is 0.756. The van der Waals surface area contributed by atoms with Crippen molar-refractivity contribution in [2.45, 2.75) is 44.7 Å². The highest BCUT2D eigenvalue weighted by atomic mass is 35.5. The molecule has 0 aromatic heterocycles. The fourth-order valence-electron chi connectivity index (χ4n) is 3.90. The molecule has 1 aromatic rings. The Hall–Kier alpha value is -0.730. The zero-order valence-electron chi connectivity index (χ0n) is 11.9. The molecule has 108 valence electrons. The van der Waals surface area contributed by atoms with Crippen LogP contribution in [-0.2, 0) is 6.54 Å². The lowest BCUT2D eigenvalue weighted by molar-refractivity contribution is 0.494. The number of rotatable bonds is 4. The molecule has 0 amide bonds. The molecule has 3 fully saturated rings. The molecule has 1 saturated heterocycles. The van der Waals surface area contributed by atoms with Crippen molar-refractivity contribution in [3.05, 3.63) is 28.8 Å². The van der Waals surface area contributed by atoms with E-state index in [1.807, 2.05) is 0 Å². The summed E-state index contributed by atoms with van der Waals surface area (Å²) in [4.78, 5) is 2.51. The first-order chi connectivity index (χ1) is 9.79. The smallest absolute Gasteiger partial charge is 0.0642 e. The van der Waals surface area contributed by atoms with Gasteiger partial charge in [0.1, 0.15) is 0 Å². The Morgan fingerprint density at radius 3 is 2.50 bits per heavy atom. The highest BCUT2D eigenvalue weighted by molar-refractivity contribution is 6.33. The number of nitrogens with zero attached hydrogens (tertiary/aromatic N) is 1. The van der Waals surface area contributed by atoms with Gasteiger partial charge in [-0.05, 0) is 55.2 Å². The van der Waals surface area contributed by atoms with Gasteiger partial charge in [-0.15, -0.1) is 0 Å². The molecule has 0 spiro atoms. The summed E-state index contributed by atoms with van der Waals surface area (Å²) in [5.74, 6) is 1.84. The maximum absolute atomic E-state index is 6.53. The van der Waals surface area contributed by atoms with E-state index in [9.17, 15) is 0 Å². The lowest BCUT2D eigenvalue weighted by atomic mass is 10.0. The van der Waals surface area contributed by atoms with Gasteiger partial charge in [-0.25, -0.2) is 0 Å².